The molecule has 0 saturated carbocycles. The number of rotatable bonds is 4. The number of pyridine rings is 2. The van der Waals surface area contributed by atoms with E-state index in [1.54, 1.807) is 6.20 Å². The van der Waals surface area contributed by atoms with Gasteiger partial charge in [-0.25, -0.2) is 0 Å². The summed E-state index contributed by atoms with van der Waals surface area (Å²) in [5, 5.41) is 6.01. The second-order valence-electron chi connectivity index (χ2n) is 9.79. The van der Waals surface area contributed by atoms with Crippen LogP contribution >= 0.6 is 0 Å². The zero-order valence-electron chi connectivity index (χ0n) is 20.4. The Kier molecular flexibility index (Phi) is 6.02. The van der Waals surface area contributed by atoms with Gasteiger partial charge in [0.1, 0.15) is 0 Å². The summed E-state index contributed by atoms with van der Waals surface area (Å²) in [6.45, 7) is 7.19. The van der Waals surface area contributed by atoms with Gasteiger partial charge in [0, 0.05) is 69.3 Å². The Hall–Kier alpha value is -3.56. The summed E-state index contributed by atoms with van der Waals surface area (Å²) in [4.78, 5) is 37.8. The molecule has 5 heterocycles. The quantitative estimate of drug-likeness (QED) is 0.477. The van der Waals surface area contributed by atoms with E-state index in [0.29, 0.717) is 37.3 Å². The van der Waals surface area contributed by atoms with Crippen molar-refractivity contribution in [2.45, 2.75) is 32.4 Å². The third kappa shape index (κ3) is 4.18. The summed E-state index contributed by atoms with van der Waals surface area (Å²) >= 11 is 0. The van der Waals surface area contributed by atoms with Gasteiger partial charge in [-0.3, -0.25) is 24.2 Å². The van der Waals surface area contributed by atoms with Gasteiger partial charge in [-0.15, -0.1) is 0 Å². The summed E-state index contributed by atoms with van der Waals surface area (Å²) in [6.07, 6.45) is 6.98. The number of ether oxygens (including phenoxy) is 1. The third-order valence-corrected chi connectivity index (χ3v) is 7.49. The Balaban J connectivity index is 1.30. The van der Waals surface area contributed by atoms with Crippen LogP contribution in [-0.4, -0.2) is 74.8 Å². The largest absolute Gasteiger partial charge is 0.381 e. The Morgan fingerprint density at radius 2 is 1.83 bits per heavy atom. The SMILES string of the molecule is Cc1cc2[nH]c(=O)c3cnn(C4CCOCC4)c3c2cc1C(=O)N1CCN(Cc2ccncc2)CC1. The maximum atomic E-state index is 13.6. The van der Waals surface area contributed by atoms with Crippen LogP contribution in [0.15, 0.2) is 47.7 Å². The number of fused-ring (bicyclic) bond motifs is 3. The highest BCUT2D eigenvalue weighted by molar-refractivity contribution is 6.07. The molecule has 2 saturated heterocycles. The number of aryl methyl sites for hydroxylation is 1. The number of piperazine rings is 1. The number of aromatic nitrogens is 4. The maximum Gasteiger partial charge on any atom is 0.259 e. The summed E-state index contributed by atoms with van der Waals surface area (Å²) in [5.74, 6) is 0.0365. The zero-order valence-corrected chi connectivity index (χ0v) is 20.4. The monoisotopic (exact) mass is 486 g/mol. The van der Waals surface area contributed by atoms with E-state index in [-0.39, 0.29) is 17.5 Å². The highest BCUT2D eigenvalue weighted by atomic mass is 16.5. The van der Waals surface area contributed by atoms with Crippen LogP contribution in [0.5, 0.6) is 0 Å². The predicted octanol–water partition coefficient (Wildman–Crippen LogP) is 2.89. The summed E-state index contributed by atoms with van der Waals surface area (Å²) in [5.41, 5.74) is 4.15. The van der Waals surface area contributed by atoms with E-state index in [1.807, 2.05) is 53.2 Å². The van der Waals surface area contributed by atoms with Gasteiger partial charge in [-0.1, -0.05) is 0 Å². The maximum absolute atomic E-state index is 13.6. The van der Waals surface area contributed by atoms with Crippen LogP contribution in [0.25, 0.3) is 21.8 Å². The Morgan fingerprint density at radius 3 is 2.58 bits per heavy atom. The van der Waals surface area contributed by atoms with E-state index >= 15 is 0 Å². The first-order valence-electron chi connectivity index (χ1n) is 12.6. The number of hydrogen-bond donors (Lipinski definition) is 1. The van der Waals surface area contributed by atoms with Crippen molar-refractivity contribution in [2.24, 2.45) is 0 Å². The van der Waals surface area contributed by atoms with Crippen molar-refractivity contribution in [3.05, 3.63) is 69.9 Å². The fraction of sp³-hybridized carbons (Fsp3) is 0.407. The minimum Gasteiger partial charge on any atom is -0.381 e. The molecule has 1 N–H and O–H groups in total. The highest BCUT2D eigenvalue weighted by Crippen LogP contribution is 2.30. The number of nitrogens with zero attached hydrogens (tertiary/aromatic N) is 5. The number of aromatic amines is 1. The fourth-order valence-corrected chi connectivity index (χ4v) is 5.46. The predicted molar refractivity (Wildman–Crippen MR) is 137 cm³/mol. The number of carbonyl (C=O) groups excluding carboxylic acids is 1. The van der Waals surface area contributed by atoms with E-state index < -0.39 is 0 Å². The molecule has 1 amide bonds. The smallest absolute Gasteiger partial charge is 0.259 e. The van der Waals surface area contributed by atoms with E-state index in [0.717, 1.165) is 54.5 Å². The summed E-state index contributed by atoms with van der Waals surface area (Å²) in [7, 11) is 0. The molecule has 0 bridgehead atoms. The van der Waals surface area contributed by atoms with Crippen molar-refractivity contribution in [3.63, 3.8) is 0 Å². The number of amides is 1. The molecule has 0 aliphatic carbocycles. The standard InChI is InChI=1S/C27H30N6O3/c1-18-14-24-22(25-23(26(34)30-24)16-29-33(25)20-4-12-36-13-5-20)15-21(18)27(35)32-10-8-31(9-11-32)17-19-2-6-28-7-3-19/h2-3,6-7,14-16,20H,4-5,8-13,17H2,1H3,(H,30,34). The van der Waals surface area contributed by atoms with Crippen LogP contribution in [0.3, 0.4) is 0 Å². The molecule has 6 rings (SSSR count). The first-order valence-corrected chi connectivity index (χ1v) is 12.6. The normalized spacial score (nSPS) is 17.8. The van der Waals surface area contributed by atoms with Crippen LogP contribution < -0.4 is 5.56 Å². The van der Waals surface area contributed by atoms with E-state index in [1.165, 1.54) is 5.56 Å². The van der Waals surface area contributed by atoms with Gasteiger partial charge in [-0.05, 0) is 55.2 Å². The van der Waals surface area contributed by atoms with Crippen LogP contribution in [0.4, 0.5) is 0 Å². The molecule has 0 atom stereocenters. The average Bonchev–Trinajstić information content (AvgIpc) is 3.36. The first kappa shape index (κ1) is 22.9. The van der Waals surface area contributed by atoms with Crippen molar-refractivity contribution in [1.82, 2.24) is 29.5 Å². The van der Waals surface area contributed by atoms with Crippen LogP contribution in [0.1, 0.15) is 40.4 Å². The third-order valence-electron chi connectivity index (χ3n) is 7.49. The molecule has 9 nitrogen and oxygen atoms in total. The average molecular weight is 487 g/mol. The molecule has 186 valence electrons. The molecular weight excluding hydrogens is 456 g/mol. The fourth-order valence-electron chi connectivity index (χ4n) is 5.46. The van der Waals surface area contributed by atoms with Crippen molar-refractivity contribution < 1.29 is 9.53 Å². The molecule has 2 fully saturated rings. The molecule has 4 aromatic rings. The lowest BCUT2D eigenvalue weighted by molar-refractivity contribution is 0.0628. The lowest BCUT2D eigenvalue weighted by Crippen LogP contribution is -2.48. The molecule has 0 unspecified atom stereocenters. The molecule has 36 heavy (non-hydrogen) atoms. The molecule has 3 aromatic heterocycles. The summed E-state index contributed by atoms with van der Waals surface area (Å²) in [6, 6.07) is 8.12. The molecule has 1 aromatic carbocycles. The van der Waals surface area contributed by atoms with Gasteiger partial charge in [0.25, 0.3) is 11.5 Å². The topological polar surface area (TPSA) is 96.3 Å². The molecule has 0 spiro atoms. The second-order valence-corrected chi connectivity index (χ2v) is 9.79. The van der Waals surface area contributed by atoms with Crippen molar-refractivity contribution in [2.75, 3.05) is 39.4 Å². The van der Waals surface area contributed by atoms with Crippen molar-refractivity contribution in [3.8, 4) is 0 Å². The molecule has 2 aliphatic heterocycles. The van der Waals surface area contributed by atoms with Gasteiger partial charge < -0.3 is 14.6 Å². The lowest BCUT2D eigenvalue weighted by atomic mass is 10.0. The minimum atomic E-state index is -0.153. The lowest BCUT2D eigenvalue weighted by Gasteiger charge is -2.35. The second kappa shape index (κ2) is 9.48. The van der Waals surface area contributed by atoms with E-state index in [4.69, 9.17) is 4.74 Å². The minimum absolute atomic E-state index is 0.0365. The van der Waals surface area contributed by atoms with Gasteiger partial charge >= 0.3 is 0 Å². The van der Waals surface area contributed by atoms with Gasteiger partial charge in [0.2, 0.25) is 0 Å². The summed E-state index contributed by atoms with van der Waals surface area (Å²) < 4.78 is 7.50. The number of nitrogens with one attached hydrogen (secondary N) is 1. The van der Waals surface area contributed by atoms with Crippen molar-refractivity contribution >= 4 is 27.7 Å². The number of benzene rings is 1. The number of hydrogen-bond acceptors (Lipinski definition) is 6. The molecular formula is C27H30N6O3. The van der Waals surface area contributed by atoms with E-state index in [2.05, 4.69) is 20.0 Å². The first-order chi connectivity index (χ1) is 17.6. The van der Waals surface area contributed by atoms with Crippen LogP contribution in [0.2, 0.25) is 0 Å². The number of carbonyl (C=O) groups is 1. The zero-order chi connectivity index (χ0) is 24.6. The highest BCUT2D eigenvalue weighted by Gasteiger charge is 2.25. The van der Waals surface area contributed by atoms with Crippen LogP contribution in [-0.2, 0) is 11.3 Å². The molecule has 0 radical (unpaired) electrons. The Bertz CT molecular complexity index is 1460. The molecule has 2 aliphatic rings. The Labute approximate surface area is 208 Å². The van der Waals surface area contributed by atoms with Crippen LogP contribution in [0, 0.1) is 6.92 Å². The van der Waals surface area contributed by atoms with Crippen molar-refractivity contribution in [1.29, 1.82) is 0 Å². The number of H-pyrrole nitrogens is 1. The van der Waals surface area contributed by atoms with Gasteiger partial charge in [0.15, 0.2) is 0 Å². The Morgan fingerprint density at radius 1 is 1.08 bits per heavy atom. The molecule has 9 heteroatoms. The van der Waals surface area contributed by atoms with Gasteiger partial charge in [-0.2, -0.15) is 5.10 Å². The van der Waals surface area contributed by atoms with Gasteiger partial charge in [0.05, 0.1) is 28.7 Å². The van der Waals surface area contributed by atoms with E-state index in [9.17, 15) is 9.59 Å².